The third-order valence-electron chi connectivity index (χ3n) is 8.48. The summed E-state index contributed by atoms with van der Waals surface area (Å²) in [5.74, 6) is -1.02. The zero-order chi connectivity index (χ0) is 36.3. The second kappa shape index (κ2) is 14.8. The van der Waals surface area contributed by atoms with Crippen LogP contribution in [0.4, 0.5) is 16.2 Å². The number of hydrogen-bond donors (Lipinski definition) is 1. The number of amidine groups is 1. The molecule has 4 aromatic rings. The van der Waals surface area contributed by atoms with Gasteiger partial charge in [-0.1, -0.05) is 71.8 Å². The van der Waals surface area contributed by atoms with Gasteiger partial charge in [-0.15, -0.1) is 0 Å². The summed E-state index contributed by atoms with van der Waals surface area (Å²) in [6.07, 6.45) is 0.187. The summed E-state index contributed by atoms with van der Waals surface area (Å²) in [6.45, 7) is 3.61. The van der Waals surface area contributed by atoms with Gasteiger partial charge in [-0.25, -0.2) is 23.1 Å². The van der Waals surface area contributed by atoms with E-state index < -0.39 is 33.9 Å². The molecule has 1 unspecified atom stereocenters. The molecule has 12 nitrogen and oxygen atoms in total. The van der Waals surface area contributed by atoms with Crippen LogP contribution in [0.25, 0.3) is 0 Å². The Morgan fingerprint density at radius 2 is 1.69 bits per heavy atom. The fraction of sp³-hybridized carbons (Fsp3) is 0.243. The van der Waals surface area contributed by atoms with Crippen molar-refractivity contribution in [2.75, 3.05) is 32.1 Å². The van der Waals surface area contributed by atoms with Gasteiger partial charge >= 0.3 is 6.03 Å². The summed E-state index contributed by atoms with van der Waals surface area (Å²) in [5.41, 5.74) is 2.98. The highest BCUT2D eigenvalue weighted by Crippen LogP contribution is 2.36. The smallest absolute Gasteiger partial charge is 0.328 e. The van der Waals surface area contributed by atoms with Gasteiger partial charge in [0.05, 0.1) is 25.1 Å². The number of urea groups is 1. The van der Waals surface area contributed by atoms with Crippen LogP contribution in [0.5, 0.6) is 11.5 Å². The third-order valence-corrected chi connectivity index (χ3v) is 10.6. The molecule has 1 atom stereocenters. The van der Waals surface area contributed by atoms with E-state index in [9.17, 15) is 22.8 Å². The van der Waals surface area contributed by atoms with Gasteiger partial charge < -0.3 is 19.7 Å². The zero-order valence-corrected chi connectivity index (χ0v) is 29.8. The minimum atomic E-state index is -4.33. The van der Waals surface area contributed by atoms with E-state index in [1.807, 2.05) is 62.4 Å². The molecule has 2 heterocycles. The van der Waals surface area contributed by atoms with Crippen molar-refractivity contribution in [1.29, 1.82) is 0 Å². The van der Waals surface area contributed by atoms with E-state index >= 15 is 0 Å². The third kappa shape index (κ3) is 7.40. The Morgan fingerprint density at radius 1 is 0.961 bits per heavy atom. The molecule has 6 rings (SSSR count). The fourth-order valence-electron chi connectivity index (χ4n) is 6.05. The van der Waals surface area contributed by atoms with Crippen LogP contribution < -0.4 is 14.8 Å². The van der Waals surface area contributed by atoms with E-state index in [4.69, 9.17) is 21.1 Å². The van der Waals surface area contributed by atoms with Gasteiger partial charge in [0.15, 0.2) is 11.9 Å². The van der Waals surface area contributed by atoms with Gasteiger partial charge in [-0.05, 0) is 61.4 Å². The van der Waals surface area contributed by atoms with Crippen molar-refractivity contribution in [2.45, 2.75) is 37.8 Å². The number of rotatable bonds is 12. The van der Waals surface area contributed by atoms with Gasteiger partial charge in [0, 0.05) is 24.5 Å². The molecular formula is C37H36ClN5O7S. The number of aryl methyl sites for hydroxylation is 2. The number of nitrogens with one attached hydrogen (secondary N) is 1. The summed E-state index contributed by atoms with van der Waals surface area (Å²) in [6, 6.07) is 22.9. The zero-order valence-electron chi connectivity index (χ0n) is 28.2. The predicted molar refractivity (Wildman–Crippen MR) is 193 cm³/mol. The molecule has 2 aliphatic rings. The van der Waals surface area contributed by atoms with Crippen LogP contribution in [0.2, 0.25) is 5.02 Å². The molecular weight excluding hydrogens is 694 g/mol. The van der Waals surface area contributed by atoms with Crippen molar-refractivity contribution in [3.63, 3.8) is 0 Å². The van der Waals surface area contributed by atoms with E-state index in [0.29, 0.717) is 5.75 Å². The largest absolute Gasteiger partial charge is 0.495 e. The maximum atomic E-state index is 14.5. The second-order valence-electron chi connectivity index (χ2n) is 12.1. The van der Waals surface area contributed by atoms with Crippen molar-refractivity contribution in [3.05, 3.63) is 113 Å². The summed E-state index contributed by atoms with van der Waals surface area (Å²) < 4.78 is 41.0. The average molecular weight is 730 g/mol. The number of anilines is 1. The van der Waals surface area contributed by atoms with Crippen molar-refractivity contribution >= 4 is 56.7 Å². The number of hydrogen-bond acceptors (Lipinski definition) is 8. The minimum Gasteiger partial charge on any atom is -0.495 e. The van der Waals surface area contributed by atoms with Crippen molar-refractivity contribution in [1.82, 2.24) is 14.1 Å². The van der Waals surface area contributed by atoms with Gasteiger partial charge in [0.1, 0.15) is 22.9 Å². The average Bonchev–Trinajstić information content (AvgIpc) is 3.37. The Morgan fingerprint density at radius 3 is 2.43 bits per heavy atom. The number of ether oxygens (including phenoxy) is 2. The lowest BCUT2D eigenvalue weighted by molar-refractivity contribution is -0.130. The maximum absolute atomic E-state index is 14.5. The molecule has 1 N–H and O–H groups in total. The summed E-state index contributed by atoms with van der Waals surface area (Å²) in [7, 11) is -2.93. The highest BCUT2D eigenvalue weighted by atomic mass is 35.5. The van der Waals surface area contributed by atoms with E-state index in [-0.39, 0.29) is 65.5 Å². The lowest BCUT2D eigenvalue weighted by Gasteiger charge is -2.35. The van der Waals surface area contributed by atoms with E-state index in [2.05, 4.69) is 10.3 Å². The Labute approximate surface area is 301 Å². The Hall–Kier alpha value is -5.40. The molecule has 2 aliphatic heterocycles. The fourth-order valence-corrected chi connectivity index (χ4v) is 7.84. The minimum absolute atomic E-state index is 0.0636. The standard InChI is InChI=1S/C37H36ClN5O7S/c1-24-14-16-30(25(2)20-24)50-19-9-18-42-35(39-28-12-7-8-13-32(28)51(42,47)48)34(36(45)40-29-21-27(38)15-17-31(29)49-3)43-33(44)23-41(37(43)46)22-26-10-5-4-6-11-26/h4-8,10-17,20-21,34H,9,18-19,22-23H2,1-3H3,(H,40,45). The summed E-state index contributed by atoms with van der Waals surface area (Å²) in [5, 5.41) is 2.99. The van der Waals surface area contributed by atoms with Crippen LogP contribution in [0.3, 0.4) is 0 Å². The van der Waals surface area contributed by atoms with Gasteiger partial charge in [-0.2, -0.15) is 0 Å². The number of carbonyl (C=O) groups is 3. The van der Waals surface area contributed by atoms with Crippen LogP contribution >= 0.6 is 11.6 Å². The number of imide groups is 1. The molecule has 0 radical (unpaired) electrons. The van der Waals surface area contributed by atoms with E-state index in [1.54, 1.807) is 24.3 Å². The van der Waals surface area contributed by atoms with E-state index in [0.717, 1.165) is 25.9 Å². The molecule has 51 heavy (non-hydrogen) atoms. The number of sulfonamides is 1. The number of amides is 4. The molecule has 14 heteroatoms. The Kier molecular flexibility index (Phi) is 10.3. The van der Waals surface area contributed by atoms with Crippen molar-refractivity contribution < 1.29 is 32.3 Å². The first-order chi connectivity index (χ1) is 24.5. The molecule has 0 spiro atoms. The SMILES string of the molecule is COc1ccc(Cl)cc1NC(=O)C(C1=Nc2ccccc2S(=O)(=O)N1CCCOc1ccc(C)cc1C)N1C(=O)CN(Cc2ccccc2)C1=O. The molecule has 0 saturated carbocycles. The molecule has 0 aliphatic carbocycles. The molecule has 1 saturated heterocycles. The van der Waals surface area contributed by atoms with Gasteiger partial charge in [0.25, 0.3) is 21.8 Å². The Balaban J connectivity index is 1.40. The molecule has 264 valence electrons. The number of nitrogens with zero attached hydrogens (tertiary/aromatic N) is 4. The number of fused-ring (bicyclic) bond motifs is 1. The number of halogens is 1. The second-order valence-corrected chi connectivity index (χ2v) is 14.4. The summed E-state index contributed by atoms with van der Waals surface area (Å²) in [4.78, 5) is 49.0. The van der Waals surface area contributed by atoms with Crippen LogP contribution in [0, 0.1) is 13.8 Å². The molecule has 1 fully saturated rings. The first-order valence-corrected chi connectivity index (χ1v) is 18.0. The number of methoxy groups -OCH3 is 1. The van der Waals surface area contributed by atoms with E-state index in [1.165, 1.54) is 30.2 Å². The number of aliphatic imine (C=N–C) groups is 1. The first-order valence-electron chi connectivity index (χ1n) is 16.2. The Bertz CT molecular complexity index is 2130. The van der Waals surface area contributed by atoms with Gasteiger partial charge in [0.2, 0.25) is 0 Å². The van der Waals surface area contributed by atoms with Crippen LogP contribution in [-0.2, 0) is 26.2 Å². The highest BCUT2D eigenvalue weighted by molar-refractivity contribution is 7.90. The number of para-hydroxylation sites is 1. The van der Waals surface area contributed by atoms with Gasteiger partial charge in [-0.3, -0.25) is 13.9 Å². The molecule has 4 aromatic carbocycles. The lowest BCUT2D eigenvalue weighted by atomic mass is 10.1. The van der Waals surface area contributed by atoms with Crippen LogP contribution in [0.1, 0.15) is 23.1 Å². The topological polar surface area (TPSA) is 138 Å². The maximum Gasteiger partial charge on any atom is 0.328 e. The normalized spacial score (nSPS) is 15.7. The predicted octanol–water partition coefficient (Wildman–Crippen LogP) is 5.94. The highest BCUT2D eigenvalue weighted by Gasteiger charge is 2.50. The lowest BCUT2D eigenvalue weighted by Crippen LogP contribution is -2.58. The van der Waals surface area contributed by atoms with Crippen LogP contribution in [-0.4, -0.2) is 79.1 Å². The molecule has 0 bridgehead atoms. The molecule has 0 aromatic heterocycles. The van der Waals surface area contributed by atoms with Crippen LogP contribution in [0.15, 0.2) is 101 Å². The van der Waals surface area contributed by atoms with Crippen molar-refractivity contribution in [3.8, 4) is 11.5 Å². The quantitative estimate of drug-likeness (QED) is 0.141. The first kappa shape index (κ1) is 35.4. The molecule has 4 amide bonds. The number of benzene rings is 4. The van der Waals surface area contributed by atoms with Crippen molar-refractivity contribution in [2.24, 2.45) is 4.99 Å². The monoisotopic (exact) mass is 729 g/mol. The number of carbonyl (C=O) groups excluding carboxylic acids is 3. The summed E-state index contributed by atoms with van der Waals surface area (Å²) >= 11 is 6.25.